The summed E-state index contributed by atoms with van der Waals surface area (Å²) in [4.78, 5) is 14.7. The fourth-order valence-corrected chi connectivity index (χ4v) is 7.42. The maximum Gasteiger partial charge on any atom is 0.315 e. The SMILES string of the molecule is CO/C(C)=C/C1C(C)C[C@H]2N(CC3CC3)CC[C@@]13C[C@@]1(CC[C@@]23O)CNC(=O)N1. The number of likely N-dealkylation sites (tertiary alicyclic amines) is 1. The van der Waals surface area contributed by atoms with Crippen LogP contribution in [0.4, 0.5) is 4.79 Å². The molecule has 2 amide bonds. The molecule has 2 aliphatic heterocycles. The Labute approximate surface area is 174 Å². The molecule has 3 aliphatic carbocycles. The van der Waals surface area contributed by atoms with Crippen LogP contribution in [0.2, 0.25) is 0 Å². The zero-order valence-electron chi connectivity index (χ0n) is 18.2. The van der Waals surface area contributed by atoms with E-state index < -0.39 is 5.60 Å². The standard InChI is InChI=1S/C23H37N3O3/c1-15-10-19-23(28)7-6-21(14-24-20(27)25-21)13-22(23,18(15)11-16(2)29-3)8-9-26(19)12-17-4-5-17/h11,15,17-19,28H,4-10,12-14H2,1-3H3,(H2,24,25,27)/b16-11+/t15?,18?,19-,21+,22-,23-/m1/s1. The number of aliphatic hydroxyl groups is 1. The summed E-state index contributed by atoms with van der Waals surface area (Å²) in [6, 6.07) is 0.181. The summed E-state index contributed by atoms with van der Waals surface area (Å²) in [5, 5.41) is 18.6. The molecule has 162 valence electrons. The number of hydrogen-bond acceptors (Lipinski definition) is 4. The first-order chi connectivity index (χ1) is 13.8. The monoisotopic (exact) mass is 403 g/mol. The molecular formula is C23H37N3O3. The van der Waals surface area contributed by atoms with E-state index >= 15 is 0 Å². The molecule has 3 saturated carbocycles. The number of nitrogens with zero attached hydrogens (tertiary/aromatic N) is 1. The van der Waals surface area contributed by atoms with Gasteiger partial charge in [0.05, 0.1) is 24.0 Å². The number of allylic oxidation sites excluding steroid dienone is 2. The van der Waals surface area contributed by atoms with Gasteiger partial charge in [0.15, 0.2) is 0 Å². The number of ether oxygens (including phenoxy) is 1. The van der Waals surface area contributed by atoms with E-state index in [9.17, 15) is 9.90 Å². The van der Waals surface area contributed by atoms with Gasteiger partial charge in [-0.05, 0) is 82.2 Å². The van der Waals surface area contributed by atoms with Crippen LogP contribution in [-0.4, -0.2) is 60.0 Å². The Kier molecular flexibility index (Phi) is 4.49. The number of hydrogen-bond donors (Lipinski definition) is 3. The second-order valence-corrected chi connectivity index (χ2v) is 10.8. The van der Waals surface area contributed by atoms with Gasteiger partial charge in [-0.15, -0.1) is 0 Å². The van der Waals surface area contributed by atoms with E-state index in [-0.39, 0.29) is 28.9 Å². The fourth-order valence-electron chi connectivity index (χ4n) is 7.42. The van der Waals surface area contributed by atoms with Gasteiger partial charge in [-0.1, -0.05) is 6.92 Å². The third kappa shape index (κ3) is 2.93. The van der Waals surface area contributed by atoms with Crippen LogP contribution in [0.15, 0.2) is 11.8 Å². The van der Waals surface area contributed by atoms with Crippen LogP contribution in [0, 0.1) is 23.2 Å². The number of urea groups is 1. The molecule has 0 aromatic carbocycles. The Morgan fingerprint density at radius 2 is 2.14 bits per heavy atom. The molecule has 6 heteroatoms. The molecule has 0 aromatic heterocycles. The van der Waals surface area contributed by atoms with E-state index in [4.69, 9.17) is 4.74 Å². The summed E-state index contributed by atoms with van der Waals surface area (Å²) in [6.45, 7) is 7.26. The molecule has 2 bridgehead atoms. The highest BCUT2D eigenvalue weighted by Crippen LogP contribution is 2.65. The van der Waals surface area contributed by atoms with Crippen molar-refractivity contribution in [2.24, 2.45) is 23.2 Å². The van der Waals surface area contributed by atoms with Crippen LogP contribution in [0.1, 0.15) is 58.8 Å². The van der Waals surface area contributed by atoms with Crippen LogP contribution < -0.4 is 10.6 Å². The number of carbonyl (C=O) groups excluding carboxylic acids is 1. The van der Waals surface area contributed by atoms with Crippen molar-refractivity contribution < 1.29 is 14.6 Å². The number of carbonyl (C=O) groups is 1. The van der Waals surface area contributed by atoms with Gasteiger partial charge < -0.3 is 20.5 Å². The van der Waals surface area contributed by atoms with Crippen LogP contribution in [0.25, 0.3) is 0 Å². The molecular weight excluding hydrogens is 366 g/mol. The molecule has 0 radical (unpaired) electrons. The molecule has 2 unspecified atom stereocenters. The molecule has 0 aromatic rings. The first-order valence-electron chi connectivity index (χ1n) is 11.6. The molecule has 6 nitrogen and oxygen atoms in total. The van der Waals surface area contributed by atoms with Crippen molar-refractivity contribution in [1.29, 1.82) is 0 Å². The molecule has 2 saturated heterocycles. The quantitative estimate of drug-likeness (QED) is 0.631. The largest absolute Gasteiger partial charge is 0.502 e. The Hall–Kier alpha value is -1.27. The van der Waals surface area contributed by atoms with Crippen LogP contribution in [-0.2, 0) is 4.74 Å². The van der Waals surface area contributed by atoms with Crippen molar-refractivity contribution in [3.8, 4) is 0 Å². The zero-order chi connectivity index (χ0) is 20.4. The highest BCUT2D eigenvalue weighted by Gasteiger charge is 2.70. The molecule has 6 atom stereocenters. The van der Waals surface area contributed by atoms with Gasteiger partial charge in [0.2, 0.25) is 0 Å². The van der Waals surface area contributed by atoms with Gasteiger partial charge in [-0.3, -0.25) is 4.90 Å². The lowest BCUT2D eigenvalue weighted by molar-refractivity contribution is -0.252. The third-order valence-corrected chi connectivity index (χ3v) is 9.08. The Bertz CT molecular complexity index is 722. The molecule has 5 aliphatic rings. The first-order valence-corrected chi connectivity index (χ1v) is 11.6. The number of methoxy groups -OCH3 is 1. The lowest BCUT2D eigenvalue weighted by atomic mass is 9.43. The van der Waals surface area contributed by atoms with Gasteiger partial charge in [0.1, 0.15) is 0 Å². The van der Waals surface area contributed by atoms with Crippen molar-refractivity contribution in [3.05, 3.63) is 11.8 Å². The Morgan fingerprint density at radius 3 is 2.79 bits per heavy atom. The first kappa shape index (κ1) is 19.7. The minimum atomic E-state index is -0.694. The average molecular weight is 404 g/mol. The minimum absolute atomic E-state index is 0.0569. The number of rotatable bonds is 4. The summed E-state index contributed by atoms with van der Waals surface area (Å²) in [6.07, 6.45) is 9.49. The van der Waals surface area contributed by atoms with E-state index in [0.29, 0.717) is 12.5 Å². The zero-order valence-corrected chi connectivity index (χ0v) is 18.2. The summed E-state index contributed by atoms with van der Waals surface area (Å²) in [5.41, 5.74) is -1.14. The van der Waals surface area contributed by atoms with E-state index in [0.717, 1.165) is 56.9 Å². The van der Waals surface area contributed by atoms with Gasteiger partial charge in [-0.2, -0.15) is 0 Å². The van der Waals surface area contributed by atoms with E-state index in [1.165, 1.54) is 12.8 Å². The number of piperidine rings is 1. The van der Waals surface area contributed by atoms with Crippen molar-refractivity contribution in [3.63, 3.8) is 0 Å². The smallest absolute Gasteiger partial charge is 0.315 e. The summed E-state index contributed by atoms with van der Waals surface area (Å²) in [7, 11) is 1.73. The van der Waals surface area contributed by atoms with E-state index in [1.807, 2.05) is 6.92 Å². The van der Waals surface area contributed by atoms with Crippen molar-refractivity contribution in [1.82, 2.24) is 15.5 Å². The van der Waals surface area contributed by atoms with Crippen molar-refractivity contribution in [2.45, 2.75) is 76.0 Å². The van der Waals surface area contributed by atoms with Gasteiger partial charge in [0, 0.05) is 24.5 Å². The van der Waals surface area contributed by atoms with Crippen molar-refractivity contribution >= 4 is 6.03 Å². The summed E-state index contributed by atoms with van der Waals surface area (Å²) in [5.74, 6) is 2.52. The maximum atomic E-state index is 12.4. The summed E-state index contributed by atoms with van der Waals surface area (Å²) >= 11 is 0. The lowest BCUT2D eigenvalue weighted by Gasteiger charge is -2.69. The molecule has 5 fully saturated rings. The molecule has 29 heavy (non-hydrogen) atoms. The van der Waals surface area contributed by atoms with Gasteiger partial charge in [-0.25, -0.2) is 4.79 Å². The maximum absolute atomic E-state index is 12.4. The minimum Gasteiger partial charge on any atom is -0.502 e. The Balaban J connectivity index is 1.55. The predicted molar refractivity (Wildman–Crippen MR) is 111 cm³/mol. The average Bonchev–Trinajstić information content (AvgIpc) is 3.44. The number of amides is 2. The van der Waals surface area contributed by atoms with Crippen LogP contribution >= 0.6 is 0 Å². The van der Waals surface area contributed by atoms with Crippen LogP contribution in [0.3, 0.4) is 0 Å². The number of nitrogens with one attached hydrogen (secondary N) is 2. The highest BCUT2D eigenvalue weighted by molar-refractivity contribution is 5.77. The topological polar surface area (TPSA) is 73.8 Å². The molecule has 2 heterocycles. The van der Waals surface area contributed by atoms with E-state index in [2.05, 4.69) is 28.5 Å². The normalized spacial score (nSPS) is 47.5. The second-order valence-electron chi connectivity index (χ2n) is 10.8. The predicted octanol–water partition coefficient (Wildman–Crippen LogP) is 2.63. The molecule has 5 rings (SSSR count). The molecule has 3 N–H and O–H groups in total. The highest BCUT2D eigenvalue weighted by atomic mass is 16.5. The van der Waals surface area contributed by atoms with Gasteiger partial charge in [0.25, 0.3) is 0 Å². The third-order valence-electron chi connectivity index (χ3n) is 9.08. The second kappa shape index (κ2) is 6.61. The van der Waals surface area contributed by atoms with Crippen molar-refractivity contribution in [2.75, 3.05) is 26.7 Å². The Morgan fingerprint density at radius 1 is 1.34 bits per heavy atom. The fraction of sp³-hybridized carbons (Fsp3) is 0.870. The van der Waals surface area contributed by atoms with Gasteiger partial charge >= 0.3 is 6.03 Å². The van der Waals surface area contributed by atoms with Crippen LogP contribution in [0.5, 0.6) is 0 Å². The molecule has 1 spiro atoms. The van der Waals surface area contributed by atoms with E-state index in [1.54, 1.807) is 7.11 Å². The summed E-state index contributed by atoms with van der Waals surface area (Å²) < 4.78 is 5.55. The lowest BCUT2D eigenvalue weighted by Crippen LogP contribution is -2.76.